The number of ether oxygens (including phenoxy) is 1. The molecule has 0 unspecified atom stereocenters. The fourth-order valence-corrected chi connectivity index (χ4v) is 0.314. The summed E-state index contributed by atoms with van der Waals surface area (Å²) in [6.07, 6.45) is -0.498. The van der Waals surface area contributed by atoms with Gasteiger partial charge in [-0.05, 0) is 20.8 Å². The van der Waals surface area contributed by atoms with Crippen LogP contribution in [-0.4, -0.2) is 33.5 Å². The number of amides is 1. The van der Waals surface area contributed by atoms with Crippen LogP contribution in [0.5, 0.6) is 0 Å². The number of hydrogen-bond acceptors (Lipinski definition) is 2. The standard InChI is InChI=1S/C6H12NO2.3BF4.K/c1-6(2,3)9-5(8)7-4;3*2-1(3,4)5;/h4H2,1-3H3,(H,7,8);;;;/q4*-1;+1. The maximum atomic E-state index is 10.4. The number of carbonyl (C=O) groups excluding carboxylic acids is 1. The van der Waals surface area contributed by atoms with Crippen LogP contribution < -0.4 is 56.7 Å². The molecule has 0 saturated carbocycles. The molecule has 0 aromatic carbocycles. The minimum atomic E-state index is -6.00. The molecule has 0 heterocycles. The number of nitrogens with one attached hydrogen (secondary N) is 1. The Morgan fingerprint density at radius 3 is 0.960 bits per heavy atom. The van der Waals surface area contributed by atoms with Gasteiger partial charge in [-0.2, -0.15) is 0 Å². The normalized spacial score (nSPS) is 11.0. The van der Waals surface area contributed by atoms with Crippen molar-refractivity contribution in [1.82, 2.24) is 5.32 Å². The summed E-state index contributed by atoms with van der Waals surface area (Å²) in [5.74, 6) is 0. The first-order valence-electron chi connectivity index (χ1n) is 5.33. The third kappa shape index (κ3) is 228. The molecule has 0 saturated heterocycles. The molecule has 150 valence electrons. The van der Waals surface area contributed by atoms with Gasteiger partial charge < -0.3 is 61.8 Å². The molecule has 3 nitrogen and oxygen atoms in total. The van der Waals surface area contributed by atoms with Crippen molar-refractivity contribution < 1.29 is 113 Å². The number of hydrogen-bond donors (Lipinski definition) is 1. The smallest absolute Gasteiger partial charge is 0.473 e. The molecule has 1 N–H and O–H groups in total. The molecular formula is C6H12B3F12KNO2-3. The minimum Gasteiger partial charge on any atom is -0.473 e. The van der Waals surface area contributed by atoms with Gasteiger partial charge in [0.1, 0.15) is 5.60 Å². The second-order valence-corrected chi connectivity index (χ2v) is 4.16. The molecule has 0 atom stereocenters. The second kappa shape index (κ2) is 15.3. The Hall–Kier alpha value is 0.261. The molecule has 0 spiro atoms. The van der Waals surface area contributed by atoms with Crippen LogP contribution >= 0.6 is 0 Å². The summed E-state index contributed by atoms with van der Waals surface area (Å²) in [5, 5.41) is 2.11. The molecule has 19 heteroatoms. The average molecular weight is 430 g/mol. The predicted octanol–water partition coefficient (Wildman–Crippen LogP) is 2.21. The maximum absolute atomic E-state index is 10.4. The summed E-state index contributed by atoms with van der Waals surface area (Å²) < 4.78 is 122. The largest absolute Gasteiger partial charge is 1.00 e. The molecule has 25 heavy (non-hydrogen) atoms. The predicted molar refractivity (Wildman–Crippen MR) is 65.3 cm³/mol. The monoisotopic (exact) mass is 430 g/mol. The SMILES string of the molecule is F[B-](F)(F)F.F[B-](F)(F)F.F[B-](F)(F)F.[CH2-]NC(=O)OC(C)(C)C.[K+]. The Balaban J connectivity index is -0.0000000733. The van der Waals surface area contributed by atoms with Gasteiger partial charge >= 0.3 is 79.2 Å². The Morgan fingerprint density at radius 1 is 0.760 bits per heavy atom. The van der Waals surface area contributed by atoms with E-state index in [-0.39, 0.29) is 51.4 Å². The minimum absolute atomic E-state index is 0. The van der Waals surface area contributed by atoms with Crippen LogP contribution in [0.3, 0.4) is 0 Å². The van der Waals surface area contributed by atoms with Crippen LogP contribution in [0.15, 0.2) is 0 Å². The van der Waals surface area contributed by atoms with E-state index in [1.54, 1.807) is 20.8 Å². The van der Waals surface area contributed by atoms with E-state index in [4.69, 9.17) is 4.74 Å². The van der Waals surface area contributed by atoms with Crippen molar-refractivity contribution in [2.24, 2.45) is 0 Å². The van der Waals surface area contributed by atoms with Gasteiger partial charge in [-0.3, -0.25) is 7.05 Å². The molecule has 1 amide bonds. The van der Waals surface area contributed by atoms with Crippen LogP contribution in [0, 0.1) is 7.05 Å². The first-order chi connectivity index (χ1) is 9.95. The van der Waals surface area contributed by atoms with Crippen molar-refractivity contribution >= 4 is 27.9 Å². The van der Waals surface area contributed by atoms with Gasteiger partial charge in [0, 0.05) is 0 Å². The topological polar surface area (TPSA) is 38.3 Å². The molecule has 0 aliphatic rings. The van der Waals surface area contributed by atoms with Crippen molar-refractivity contribution in [3.05, 3.63) is 7.05 Å². The van der Waals surface area contributed by atoms with Crippen molar-refractivity contribution in [3.8, 4) is 0 Å². The van der Waals surface area contributed by atoms with E-state index in [9.17, 15) is 56.6 Å². The Bertz CT molecular complexity index is 282. The molecular weight excluding hydrogens is 418 g/mol. The number of halogens is 12. The summed E-state index contributed by atoms with van der Waals surface area (Å²) in [5.41, 5.74) is -0.429. The van der Waals surface area contributed by atoms with E-state index < -0.39 is 33.5 Å². The maximum Gasteiger partial charge on any atom is 1.00 e. The van der Waals surface area contributed by atoms with Crippen LogP contribution in [0.25, 0.3) is 0 Å². The fraction of sp³-hybridized carbons (Fsp3) is 0.667. The third-order valence-electron chi connectivity index (χ3n) is 0.543. The number of rotatable bonds is 0. The van der Waals surface area contributed by atoms with Gasteiger partial charge in [0.15, 0.2) is 0 Å². The molecule has 0 fully saturated rings. The zero-order valence-corrected chi connectivity index (χ0v) is 16.4. The first kappa shape index (κ1) is 36.2. The van der Waals surface area contributed by atoms with Crippen molar-refractivity contribution in [2.45, 2.75) is 26.4 Å². The number of alkyl carbamates (subject to hydrolysis) is 1. The molecule has 0 aromatic rings. The molecule has 0 bridgehead atoms. The van der Waals surface area contributed by atoms with E-state index in [1.807, 2.05) is 0 Å². The van der Waals surface area contributed by atoms with E-state index in [0.717, 1.165) is 0 Å². The Morgan fingerprint density at radius 2 is 0.920 bits per heavy atom. The summed E-state index contributed by atoms with van der Waals surface area (Å²) in [4.78, 5) is 10.4. The molecule has 0 aromatic heterocycles. The van der Waals surface area contributed by atoms with E-state index in [0.29, 0.717) is 0 Å². The van der Waals surface area contributed by atoms with Crippen LogP contribution in [0.2, 0.25) is 0 Å². The average Bonchev–Trinajstić information content (AvgIpc) is 2.05. The second-order valence-electron chi connectivity index (χ2n) is 4.16. The summed E-state index contributed by atoms with van der Waals surface area (Å²) in [6, 6.07) is 0. The van der Waals surface area contributed by atoms with Crippen LogP contribution in [0.1, 0.15) is 20.8 Å². The van der Waals surface area contributed by atoms with Crippen molar-refractivity contribution in [3.63, 3.8) is 0 Å². The molecule has 0 rings (SSSR count). The van der Waals surface area contributed by atoms with Crippen LogP contribution in [-0.2, 0) is 4.74 Å². The summed E-state index contributed by atoms with van der Waals surface area (Å²) >= 11 is 0. The van der Waals surface area contributed by atoms with Gasteiger partial charge in [0.2, 0.25) is 0 Å². The first-order valence-corrected chi connectivity index (χ1v) is 5.33. The van der Waals surface area contributed by atoms with E-state index >= 15 is 0 Å². The van der Waals surface area contributed by atoms with E-state index in [2.05, 4.69) is 12.4 Å². The summed E-state index contributed by atoms with van der Waals surface area (Å²) in [7, 11) is -14.9. The molecule has 0 aliphatic carbocycles. The third-order valence-corrected chi connectivity index (χ3v) is 0.543. The van der Waals surface area contributed by atoms with Crippen molar-refractivity contribution in [2.75, 3.05) is 0 Å². The number of carbonyl (C=O) groups is 1. The van der Waals surface area contributed by atoms with Gasteiger partial charge in [0.05, 0.1) is 0 Å². The zero-order valence-electron chi connectivity index (χ0n) is 13.3. The van der Waals surface area contributed by atoms with Gasteiger partial charge in [-0.1, -0.05) is 0 Å². The molecule has 0 radical (unpaired) electrons. The van der Waals surface area contributed by atoms with Crippen LogP contribution in [0.4, 0.5) is 56.6 Å². The van der Waals surface area contributed by atoms with E-state index in [1.165, 1.54) is 0 Å². The van der Waals surface area contributed by atoms with Gasteiger partial charge in [-0.25, -0.2) is 4.79 Å². The Labute approximate surface area is 178 Å². The van der Waals surface area contributed by atoms with Crippen molar-refractivity contribution in [1.29, 1.82) is 0 Å². The zero-order chi connectivity index (χ0) is 21.0. The Kier molecular flexibility index (Phi) is 22.2. The molecule has 0 aliphatic heterocycles. The summed E-state index contributed by atoms with van der Waals surface area (Å²) in [6.45, 7) is 5.38. The fourth-order valence-electron chi connectivity index (χ4n) is 0.314. The van der Waals surface area contributed by atoms with Gasteiger partial charge in [-0.15, -0.1) is 0 Å². The quantitative estimate of drug-likeness (QED) is 0.364. The van der Waals surface area contributed by atoms with Gasteiger partial charge in [0.25, 0.3) is 0 Å².